The summed E-state index contributed by atoms with van der Waals surface area (Å²) in [6.45, 7) is 4.23. The molecule has 0 heterocycles. The van der Waals surface area contributed by atoms with Gasteiger partial charge in [-0.1, -0.05) is 12.8 Å². The van der Waals surface area contributed by atoms with E-state index >= 15 is 0 Å². The van der Waals surface area contributed by atoms with Gasteiger partial charge in [0.2, 0.25) is 0 Å². The van der Waals surface area contributed by atoms with E-state index in [-0.39, 0.29) is 0 Å². The van der Waals surface area contributed by atoms with Crippen LogP contribution in [0.3, 0.4) is 0 Å². The van der Waals surface area contributed by atoms with Crippen molar-refractivity contribution in [3.05, 3.63) is 0 Å². The molecule has 2 heteroatoms. The average molecular weight is 170 g/mol. The second kappa shape index (κ2) is 4.83. The van der Waals surface area contributed by atoms with Crippen LogP contribution in [0.2, 0.25) is 0 Å². The highest BCUT2D eigenvalue weighted by molar-refractivity contribution is 4.73. The molecule has 0 saturated heterocycles. The predicted octanol–water partition coefficient (Wildman–Crippen LogP) is 1.46. The first-order chi connectivity index (χ1) is 5.74. The summed E-state index contributed by atoms with van der Waals surface area (Å²) in [7, 11) is 2.19. The molecule has 0 aromatic heterocycles. The Balaban J connectivity index is 2.19. The summed E-state index contributed by atoms with van der Waals surface area (Å²) < 4.78 is 0. The van der Waals surface area contributed by atoms with E-state index in [0.717, 1.165) is 12.5 Å². The molecule has 0 aliphatic heterocycles. The van der Waals surface area contributed by atoms with Gasteiger partial charge in [0.25, 0.3) is 0 Å². The van der Waals surface area contributed by atoms with Crippen molar-refractivity contribution < 1.29 is 0 Å². The van der Waals surface area contributed by atoms with Crippen molar-refractivity contribution in [2.24, 2.45) is 11.7 Å². The van der Waals surface area contributed by atoms with Gasteiger partial charge in [0, 0.05) is 19.1 Å². The Kier molecular flexibility index (Phi) is 4.02. The van der Waals surface area contributed by atoms with E-state index in [0.29, 0.717) is 6.04 Å². The Bertz CT molecular complexity index is 119. The Labute approximate surface area is 76.1 Å². The SMILES string of the molecule is CC(CN)N(C)CC1CCCC1. The molecule has 1 saturated carbocycles. The summed E-state index contributed by atoms with van der Waals surface area (Å²) in [5.74, 6) is 0.948. The van der Waals surface area contributed by atoms with Crippen LogP contribution in [0.25, 0.3) is 0 Å². The molecule has 0 aromatic carbocycles. The third-order valence-corrected chi connectivity index (χ3v) is 3.11. The lowest BCUT2D eigenvalue weighted by Gasteiger charge is -2.26. The van der Waals surface area contributed by atoms with Gasteiger partial charge in [-0.25, -0.2) is 0 Å². The van der Waals surface area contributed by atoms with E-state index in [4.69, 9.17) is 5.73 Å². The molecule has 0 spiro atoms. The second-order valence-corrected chi connectivity index (χ2v) is 4.17. The number of rotatable bonds is 4. The largest absolute Gasteiger partial charge is 0.329 e. The van der Waals surface area contributed by atoms with Crippen molar-refractivity contribution in [2.45, 2.75) is 38.6 Å². The standard InChI is InChI=1S/C10H22N2/c1-9(7-11)12(2)8-10-5-3-4-6-10/h9-10H,3-8,11H2,1-2H3. The van der Waals surface area contributed by atoms with E-state index in [2.05, 4.69) is 18.9 Å². The van der Waals surface area contributed by atoms with Crippen LogP contribution < -0.4 is 5.73 Å². The van der Waals surface area contributed by atoms with Crippen LogP contribution >= 0.6 is 0 Å². The molecule has 0 bridgehead atoms. The van der Waals surface area contributed by atoms with Crippen molar-refractivity contribution >= 4 is 0 Å². The summed E-state index contributed by atoms with van der Waals surface area (Å²) >= 11 is 0. The van der Waals surface area contributed by atoms with Gasteiger partial charge >= 0.3 is 0 Å². The number of nitrogens with two attached hydrogens (primary N) is 1. The van der Waals surface area contributed by atoms with Crippen LogP contribution in [0.5, 0.6) is 0 Å². The van der Waals surface area contributed by atoms with Crippen LogP contribution in [0.1, 0.15) is 32.6 Å². The zero-order valence-electron chi connectivity index (χ0n) is 8.42. The van der Waals surface area contributed by atoms with Crippen molar-refractivity contribution in [3.63, 3.8) is 0 Å². The molecule has 0 amide bonds. The highest BCUT2D eigenvalue weighted by Gasteiger charge is 2.18. The molecular weight excluding hydrogens is 148 g/mol. The number of hydrogen-bond acceptors (Lipinski definition) is 2. The maximum atomic E-state index is 5.61. The molecule has 2 N–H and O–H groups in total. The highest BCUT2D eigenvalue weighted by atomic mass is 15.1. The van der Waals surface area contributed by atoms with Crippen LogP contribution in [0.15, 0.2) is 0 Å². The smallest absolute Gasteiger partial charge is 0.0187 e. The molecule has 72 valence electrons. The summed E-state index contributed by atoms with van der Waals surface area (Å²) in [5.41, 5.74) is 5.61. The second-order valence-electron chi connectivity index (χ2n) is 4.17. The third kappa shape index (κ3) is 2.76. The maximum absolute atomic E-state index is 5.61. The number of hydrogen-bond donors (Lipinski definition) is 1. The van der Waals surface area contributed by atoms with Gasteiger partial charge in [0.05, 0.1) is 0 Å². The first-order valence-electron chi connectivity index (χ1n) is 5.14. The Morgan fingerprint density at radius 2 is 2.00 bits per heavy atom. The van der Waals surface area contributed by atoms with Crippen LogP contribution in [0.4, 0.5) is 0 Å². The Hall–Kier alpha value is -0.0800. The van der Waals surface area contributed by atoms with Gasteiger partial charge in [-0.3, -0.25) is 0 Å². The summed E-state index contributed by atoms with van der Waals surface area (Å²) in [4.78, 5) is 2.40. The molecule has 1 rings (SSSR count). The van der Waals surface area contributed by atoms with Crippen LogP contribution in [0, 0.1) is 5.92 Å². The van der Waals surface area contributed by atoms with Gasteiger partial charge in [0.15, 0.2) is 0 Å². The fourth-order valence-electron chi connectivity index (χ4n) is 1.96. The van der Waals surface area contributed by atoms with Gasteiger partial charge in [-0.2, -0.15) is 0 Å². The molecule has 0 radical (unpaired) electrons. The molecule has 1 aliphatic rings. The minimum Gasteiger partial charge on any atom is -0.329 e. The van der Waals surface area contributed by atoms with Gasteiger partial charge in [-0.05, 0) is 32.7 Å². The van der Waals surface area contributed by atoms with Gasteiger partial charge in [0.1, 0.15) is 0 Å². The first-order valence-corrected chi connectivity index (χ1v) is 5.14. The molecule has 1 unspecified atom stereocenters. The molecule has 1 aliphatic carbocycles. The zero-order valence-corrected chi connectivity index (χ0v) is 8.42. The van der Waals surface area contributed by atoms with Crippen LogP contribution in [-0.2, 0) is 0 Å². The topological polar surface area (TPSA) is 29.3 Å². The molecule has 1 atom stereocenters. The minimum atomic E-state index is 0.547. The van der Waals surface area contributed by atoms with E-state index in [9.17, 15) is 0 Å². The van der Waals surface area contributed by atoms with Crippen molar-refractivity contribution in [2.75, 3.05) is 20.1 Å². The quantitative estimate of drug-likeness (QED) is 0.692. The third-order valence-electron chi connectivity index (χ3n) is 3.11. The fraction of sp³-hybridized carbons (Fsp3) is 1.00. The Morgan fingerprint density at radius 1 is 1.42 bits per heavy atom. The summed E-state index contributed by atoms with van der Waals surface area (Å²) in [5, 5.41) is 0. The van der Waals surface area contributed by atoms with Crippen molar-refractivity contribution in [3.8, 4) is 0 Å². The lowest BCUT2D eigenvalue weighted by molar-refractivity contribution is 0.223. The maximum Gasteiger partial charge on any atom is 0.0187 e. The fourth-order valence-corrected chi connectivity index (χ4v) is 1.96. The molecule has 2 nitrogen and oxygen atoms in total. The molecular formula is C10H22N2. The highest BCUT2D eigenvalue weighted by Crippen LogP contribution is 2.25. The van der Waals surface area contributed by atoms with E-state index < -0.39 is 0 Å². The lowest BCUT2D eigenvalue weighted by Crippen LogP contribution is -2.37. The van der Waals surface area contributed by atoms with Gasteiger partial charge in [-0.15, -0.1) is 0 Å². The molecule has 0 aromatic rings. The molecule has 12 heavy (non-hydrogen) atoms. The average Bonchev–Trinajstić information content (AvgIpc) is 2.55. The van der Waals surface area contributed by atoms with Gasteiger partial charge < -0.3 is 10.6 Å². The summed E-state index contributed by atoms with van der Waals surface area (Å²) in [6, 6.07) is 0.547. The monoisotopic (exact) mass is 170 g/mol. The normalized spacial score (nSPS) is 22.0. The van der Waals surface area contributed by atoms with E-state index in [1.165, 1.54) is 32.2 Å². The lowest BCUT2D eigenvalue weighted by atomic mass is 10.1. The minimum absolute atomic E-state index is 0.547. The molecule has 1 fully saturated rings. The van der Waals surface area contributed by atoms with Crippen molar-refractivity contribution in [1.82, 2.24) is 4.90 Å². The van der Waals surface area contributed by atoms with E-state index in [1.54, 1.807) is 0 Å². The van der Waals surface area contributed by atoms with E-state index in [1.807, 2.05) is 0 Å². The number of nitrogens with zero attached hydrogens (tertiary/aromatic N) is 1. The summed E-state index contributed by atoms with van der Waals surface area (Å²) in [6.07, 6.45) is 5.74. The number of likely N-dealkylation sites (N-methyl/N-ethyl adjacent to an activating group) is 1. The van der Waals surface area contributed by atoms with Crippen LogP contribution in [-0.4, -0.2) is 31.1 Å². The Morgan fingerprint density at radius 3 is 2.50 bits per heavy atom. The zero-order chi connectivity index (χ0) is 8.97. The first kappa shape index (κ1) is 10.0. The predicted molar refractivity (Wildman–Crippen MR) is 53.1 cm³/mol. The van der Waals surface area contributed by atoms with Crippen molar-refractivity contribution in [1.29, 1.82) is 0 Å².